The highest BCUT2D eigenvalue weighted by Crippen LogP contribution is 2.36. The fraction of sp³-hybridized carbons (Fsp3) is 0.400. The van der Waals surface area contributed by atoms with Crippen molar-refractivity contribution >= 4 is 50.0 Å². The van der Waals surface area contributed by atoms with Crippen LogP contribution in [0.3, 0.4) is 0 Å². The number of pyridine rings is 1. The van der Waals surface area contributed by atoms with Crippen LogP contribution in [-0.2, 0) is 16.0 Å². The number of thiazole rings is 1. The first-order valence-corrected chi connectivity index (χ1v) is 12.6. The lowest BCUT2D eigenvalue weighted by Gasteiger charge is -2.38. The molecule has 3 aromatic heterocycles. The molecule has 2 N–H and O–H groups in total. The van der Waals surface area contributed by atoms with Gasteiger partial charge in [0.15, 0.2) is 0 Å². The summed E-state index contributed by atoms with van der Waals surface area (Å²) in [6.45, 7) is 3.60. The molecular formula is C25H29N7O2S. The number of benzene rings is 1. The lowest BCUT2D eigenvalue weighted by molar-refractivity contribution is -0.146. The van der Waals surface area contributed by atoms with Gasteiger partial charge in [-0.1, -0.05) is 13.0 Å². The summed E-state index contributed by atoms with van der Waals surface area (Å²) in [7, 11) is 4.12. The summed E-state index contributed by atoms with van der Waals surface area (Å²) in [6, 6.07) is 6.09. The SMILES string of the molecule is C[C@H]1CC[C@H](c2ccc3sc(CCN(C)C)nc3c2)N(C(=O)C(=O)Nc2cncc3[nH]ncc23)C1. The van der Waals surface area contributed by atoms with Crippen LogP contribution in [0, 0.1) is 5.92 Å². The van der Waals surface area contributed by atoms with E-state index in [2.05, 4.69) is 64.6 Å². The van der Waals surface area contributed by atoms with Gasteiger partial charge >= 0.3 is 11.8 Å². The van der Waals surface area contributed by atoms with Crippen LogP contribution >= 0.6 is 11.3 Å². The lowest BCUT2D eigenvalue weighted by Crippen LogP contribution is -2.46. The molecule has 0 spiro atoms. The molecule has 182 valence electrons. The van der Waals surface area contributed by atoms with Gasteiger partial charge < -0.3 is 15.1 Å². The Kier molecular flexibility index (Phi) is 6.48. The molecular weight excluding hydrogens is 462 g/mol. The summed E-state index contributed by atoms with van der Waals surface area (Å²) in [6.07, 6.45) is 7.48. The second-order valence-electron chi connectivity index (χ2n) is 9.52. The van der Waals surface area contributed by atoms with E-state index in [-0.39, 0.29) is 6.04 Å². The number of hydrogen-bond acceptors (Lipinski definition) is 7. The average Bonchev–Trinajstić information content (AvgIpc) is 3.49. The topological polar surface area (TPSA) is 107 Å². The Morgan fingerprint density at radius 3 is 2.91 bits per heavy atom. The molecule has 35 heavy (non-hydrogen) atoms. The standard InChI is InChI=1S/C25H29N7O2S/c1-15-4-6-21(16-5-7-22-18(10-16)28-23(35-22)8-9-31(2)3)32(14-15)25(34)24(33)29-19-12-26-13-20-17(19)11-27-30-20/h5,7,10-13,15,21H,4,6,8-9,14H2,1-3H3,(H,27,30)(H,29,33)/t15-,21+/m0/s1. The Hall–Kier alpha value is -3.37. The number of fused-ring (bicyclic) bond motifs is 2. The first-order chi connectivity index (χ1) is 16.9. The number of carbonyl (C=O) groups excluding carboxylic acids is 2. The number of likely N-dealkylation sites (tertiary alicyclic amines) is 1. The highest BCUT2D eigenvalue weighted by Gasteiger charge is 2.34. The van der Waals surface area contributed by atoms with Crippen LogP contribution in [0.5, 0.6) is 0 Å². The molecule has 1 aromatic carbocycles. The molecule has 2 atom stereocenters. The summed E-state index contributed by atoms with van der Waals surface area (Å²) in [4.78, 5) is 39.2. The maximum Gasteiger partial charge on any atom is 0.313 e. The Morgan fingerprint density at radius 2 is 2.09 bits per heavy atom. The second-order valence-corrected chi connectivity index (χ2v) is 10.6. The molecule has 0 unspecified atom stereocenters. The van der Waals surface area contributed by atoms with Gasteiger partial charge in [-0.25, -0.2) is 4.98 Å². The van der Waals surface area contributed by atoms with Crippen LogP contribution in [-0.4, -0.2) is 69.0 Å². The van der Waals surface area contributed by atoms with Gasteiger partial charge in [0.2, 0.25) is 0 Å². The van der Waals surface area contributed by atoms with E-state index < -0.39 is 11.8 Å². The smallest absolute Gasteiger partial charge is 0.313 e. The zero-order chi connectivity index (χ0) is 24.5. The number of aromatic nitrogens is 4. The third-order valence-corrected chi connectivity index (χ3v) is 7.60. The second kappa shape index (κ2) is 9.71. The maximum atomic E-state index is 13.4. The largest absolute Gasteiger partial charge is 0.327 e. The molecule has 4 aromatic rings. The van der Waals surface area contributed by atoms with E-state index in [9.17, 15) is 9.59 Å². The van der Waals surface area contributed by atoms with Gasteiger partial charge in [-0.05, 0) is 50.6 Å². The molecule has 1 saturated heterocycles. The van der Waals surface area contributed by atoms with E-state index in [0.29, 0.717) is 29.1 Å². The minimum Gasteiger partial charge on any atom is -0.327 e. The number of piperidine rings is 1. The van der Waals surface area contributed by atoms with Crippen LogP contribution in [0.4, 0.5) is 5.69 Å². The van der Waals surface area contributed by atoms with Crippen LogP contribution in [0.1, 0.15) is 36.4 Å². The predicted octanol–water partition coefficient (Wildman–Crippen LogP) is 3.61. The lowest BCUT2D eigenvalue weighted by atomic mass is 9.89. The fourth-order valence-electron chi connectivity index (χ4n) is 4.62. The van der Waals surface area contributed by atoms with E-state index >= 15 is 0 Å². The zero-order valence-electron chi connectivity index (χ0n) is 20.1. The Balaban J connectivity index is 1.38. The third kappa shape index (κ3) is 4.89. The van der Waals surface area contributed by atoms with Gasteiger partial charge in [-0.15, -0.1) is 11.3 Å². The van der Waals surface area contributed by atoms with Crippen LogP contribution in [0.2, 0.25) is 0 Å². The normalized spacial score (nSPS) is 18.5. The summed E-state index contributed by atoms with van der Waals surface area (Å²) < 4.78 is 1.14. The zero-order valence-corrected chi connectivity index (χ0v) is 20.9. The summed E-state index contributed by atoms with van der Waals surface area (Å²) in [5.74, 6) is -0.880. The number of amides is 2. The van der Waals surface area contributed by atoms with Gasteiger partial charge in [0.05, 0.1) is 51.1 Å². The Labute approximate surface area is 207 Å². The Morgan fingerprint density at radius 1 is 1.23 bits per heavy atom. The number of aromatic amines is 1. The molecule has 4 heterocycles. The number of nitrogens with zero attached hydrogens (tertiary/aromatic N) is 5. The number of H-pyrrole nitrogens is 1. The molecule has 0 saturated carbocycles. The number of rotatable bonds is 5. The van der Waals surface area contributed by atoms with Crippen molar-refractivity contribution in [1.82, 2.24) is 30.0 Å². The Bertz CT molecular complexity index is 1380. The highest BCUT2D eigenvalue weighted by molar-refractivity contribution is 7.18. The van der Waals surface area contributed by atoms with Crippen molar-refractivity contribution in [3.63, 3.8) is 0 Å². The number of likely N-dealkylation sites (N-methyl/N-ethyl adjacent to an activating group) is 1. The molecule has 1 fully saturated rings. The molecule has 0 aliphatic carbocycles. The van der Waals surface area contributed by atoms with Gasteiger partial charge in [-0.3, -0.25) is 19.7 Å². The van der Waals surface area contributed by atoms with Crippen molar-refractivity contribution < 1.29 is 9.59 Å². The molecule has 9 nitrogen and oxygen atoms in total. The number of anilines is 1. The van der Waals surface area contributed by atoms with Crippen molar-refractivity contribution in [2.24, 2.45) is 5.92 Å². The summed E-state index contributed by atoms with van der Waals surface area (Å²) in [5.41, 5.74) is 3.13. The molecule has 0 bridgehead atoms. The first kappa shape index (κ1) is 23.4. The minimum absolute atomic E-state index is 0.163. The van der Waals surface area contributed by atoms with E-state index in [4.69, 9.17) is 4.98 Å². The summed E-state index contributed by atoms with van der Waals surface area (Å²) >= 11 is 1.71. The predicted molar refractivity (Wildman–Crippen MR) is 137 cm³/mol. The number of hydrogen-bond donors (Lipinski definition) is 2. The van der Waals surface area contributed by atoms with Crippen molar-refractivity contribution in [3.05, 3.63) is 47.4 Å². The van der Waals surface area contributed by atoms with Crippen LogP contribution in [0.15, 0.2) is 36.8 Å². The maximum absolute atomic E-state index is 13.4. The highest BCUT2D eigenvalue weighted by atomic mass is 32.1. The fourth-order valence-corrected chi connectivity index (χ4v) is 5.56. The monoisotopic (exact) mass is 491 g/mol. The van der Waals surface area contributed by atoms with Gasteiger partial charge in [0, 0.05) is 24.9 Å². The van der Waals surface area contributed by atoms with Gasteiger partial charge in [-0.2, -0.15) is 5.10 Å². The average molecular weight is 492 g/mol. The molecule has 1 aliphatic heterocycles. The van der Waals surface area contributed by atoms with Gasteiger partial charge in [0.25, 0.3) is 0 Å². The first-order valence-electron chi connectivity index (χ1n) is 11.8. The molecule has 5 rings (SSSR count). The minimum atomic E-state index is -0.666. The molecule has 10 heteroatoms. The van der Waals surface area contributed by atoms with E-state index in [1.165, 1.54) is 6.20 Å². The molecule has 1 aliphatic rings. The third-order valence-electron chi connectivity index (χ3n) is 6.50. The number of nitrogens with one attached hydrogen (secondary N) is 2. The van der Waals surface area contributed by atoms with Crippen molar-refractivity contribution in [1.29, 1.82) is 0 Å². The van der Waals surface area contributed by atoms with Crippen molar-refractivity contribution in [2.75, 3.05) is 32.5 Å². The van der Waals surface area contributed by atoms with Crippen LogP contribution in [0.25, 0.3) is 21.1 Å². The van der Waals surface area contributed by atoms with Crippen molar-refractivity contribution in [3.8, 4) is 0 Å². The van der Waals surface area contributed by atoms with Gasteiger partial charge in [0.1, 0.15) is 0 Å². The quantitative estimate of drug-likeness (QED) is 0.413. The van der Waals surface area contributed by atoms with Crippen molar-refractivity contribution in [2.45, 2.75) is 32.2 Å². The molecule has 2 amide bonds. The molecule has 0 radical (unpaired) electrons. The summed E-state index contributed by atoms with van der Waals surface area (Å²) in [5, 5.41) is 11.4. The van der Waals surface area contributed by atoms with E-state index in [1.54, 1.807) is 28.6 Å². The van der Waals surface area contributed by atoms with E-state index in [0.717, 1.165) is 46.6 Å². The number of carbonyl (C=O) groups is 2. The van der Waals surface area contributed by atoms with E-state index in [1.807, 2.05) is 0 Å². The van der Waals surface area contributed by atoms with Crippen LogP contribution < -0.4 is 5.32 Å².